The molecule has 146 valence electrons. The van der Waals surface area contributed by atoms with Crippen LogP contribution in [0, 0.1) is 5.92 Å². The summed E-state index contributed by atoms with van der Waals surface area (Å²) in [5, 5.41) is 4.11. The Morgan fingerprint density at radius 1 is 1.14 bits per heavy atom. The van der Waals surface area contributed by atoms with Crippen LogP contribution >= 0.6 is 22.7 Å². The SMILES string of the molecule is CCOc1ccc2c(c1)CC(C(=O)N(Cc1cccs1)Cc1cccs1)CO2. The van der Waals surface area contributed by atoms with Crippen molar-refractivity contribution in [3.05, 3.63) is 68.5 Å². The monoisotopic (exact) mass is 413 g/mol. The van der Waals surface area contributed by atoms with E-state index in [9.17, 15) is 4.79 Å². The lowest BCUT2D eigenvalue weighted by Crippen LogP contribution is -2.40. The minimum Gasteiger partial charge on any atom is -0.494 e. The van der Waals surface area contributed by atoms with Crippen LogP contribution in [-0.2, 0) is 24.3 Å². The van der Waals surface area contributed by atoms with Crippen LogP contribution in [0.5, 0.6) is 11.5 Å². The van der Waals surface area contributed by atoms with E-state index in [1.807, 2.05) is 42.2 Å². The maximum Gasteiger partial charge on any atom is 0.230 e. The standard InChI is InChI=1S/C22H23NO3S2/c1-2-25-18-7-8-21-16(12-18)11-17(15-26-21)22(24)23(13-19-5-3-9-27-19)14-20-6-4-10-28-20/h3-10,12,17H,2,11,13-15H2,1H3. The first kappa shape index (κ1) is 19.0. The van der Waals surface area contributed by atoms with Gasteiger partial charge in [0.1, 0.15) is 18.1 Å². The zero-order chi connectivity index (χ0) is 19.3. The molecule has 1 aromatic carbocycles. The normalized spacial score (nSPS) is 15.5. The summed E-state index contributed by atoms with van der Waals surface area (Å²) in [6.45, 7) is 4.28. The Bertz CT molecular complexity index is 870. The van der Waals surface area contributed by atoms with Gasteiger partial charge in [0.05, 0.1) is 25.6 Å². The molecule has 0 spiro atoms. The third kappa shape index (κ3) is 4.39. The molecule has 1 aliphatic rings. The van der Waals surface area contributed by atoms with Gasteiger partial charge in [-0.3, -0.25) is 4.79 Å². The van der Waals surface area contributed by atoms with E-state index in [2.05, 4.69) is 22.9 Å². The van der Waals surface area contributed by atoms with Crippen molar-refractivity contribution in [2.24, 2.45) is 5.92 Å². The highest BCUT2D eigenvalue weighted by Crippen LogP contribution is 2.32. The highest BCUT2D eigenvalue weighted by atomic mass is 32.1. The van der Waals surface area contributed by atoms with E-state index in [4.69, 9.17) is 9.47 Å². The minimum absolute atomic E-state index is 0.147. The van der Waals surface area contributed by atoms with Gasteiger partial charge < -0.3 is 14.4 Å². The summed E-state index contributed by atoms with van der Waals surface area (Å²) in [6.07, 6.45) is 0.681. The predicted molar refractivity (Wildman–Crippen MR) is 113 cm³/mol. The van der Waals surface area contributed by atoms with E-state index in [0.717, 1.165) is 17.1 Å². The highest BCUT2D eigenvalue weighted by Gasteiger charge is 2.30. The summed E-state index contributed by atoms with van der Waals surface area (Å²) in [4.78, 5) is 17.7. The average Bonchev–Trinajstić information content (AvgIpc) is 3.41. The van der Waals surface area contributed by atoms with Crippen molar-refractivity contribution in [2.45, 2.75) is 26.4 Å². The number of carbonyl (C=O) groups excluding carboxylic acids is 1. The van der Waals surface area contributed by atoms with Crippen molar-refractivity contribution in [1.29, 1.82) is 0 Å². The number of rotatable bonds is 7. The Morgan fingerprint density at radius 3 is 2.46 bits per heavy atom. The molecule has 28 heavy (non-hydrogen) atoms. The maximum absolute atomic E-state index is 13.4. The second-order valence-electron chi connectivity index (χ2n) is 6.77. The number of fused-ring (bicyclic) bond motifs is 1. The highest BCUT2D eigenvalue weighted by molar-refractivity contribution is 7.10. The molecule has 0 aliphatic carbocycles. The van der Waals surface area contributed by atoms with Crippen molar-refractivity contribution in [3.8, 4) is 11.5 Å². The number of nitrogens with zero attached hydrogens (tertiary/aromatic N) is 1. The van der Waals surface area contributed by atoms with E-state index in [1.54, 1.807) is 22.7 Å². The van der Waals surface area contributed by atoms with Gasteiger partial charge in [-0.25, -0.2) is 0 Å². The van der Waals surface area contributed by atoms with Crippen LogP contribution in [0.2, 0.25) is 0 Å². The van der Waals surface area contributed by atoms with Gasteiger partial charge in [0.25, 0.3) is 0 Å². The molecule has 1 unspecified atom stereocenters. The van der Waals surface area contributed by atoms with Crippen molar-refractivity contribution in [2.75, 3.05) is 13.2 Å². The lowest BCUT2D eigenvalue weighted by Gasteiger charge is -2.30. The van der Waals surface area contributed by atoms with Crippen molar-refractivity contribution in [1.82, 2.24) is 4.90 Å². The Morgan fingerprint density at radius 2 is 1.86 bits per heavy atom. The third-order valence-electron chi connectivity index (χ3n) is 4.76. The van der Waals surface area contributed by atoms with Gasteiger partial charge in [-0.1, -0.05) is 12.1 Å². The molecule has 0 radical (unpaired) electrons. The van der Waals surface area contributed by atoms with Crippen molar-refractivity contribution in [3.63, 3.8) is 0 Å². The summed E-state index contributed by atoms with van der Waals surface area (Å²) in [5.41, 5.74) is 1.04. The van der Waals surface area contributed by atoms with Crippen LogP contribution in [0.1, 0.15) is 22.2 Å². The van der Waals surface area contributed by atoms with Crippen molar-refractivity contribution < 1.29 is 14.3 Å². The second-order valence-corrected chi connectivity index (χ2v) is 8.83. The van der Waals surface area contributed by atoms with E-state index in [1.165, 1.54) is 9.75 Å². The molecule has 0 saturated carbocycles. The van der Waals surface area contributed by atoms with Crippen LogP contribution in [0.3, 0.4) is 0 Å². The van der Waals surface area contributed by atoms with Crippen LogP contribution in [-0.4, -0.2) is 24.0 Å². The zero-order valence-corrected chi connectivity index (χ0v) is 17.4. The number of ether oxygens (including phenoxy) is 2. The Hall–Kier alpha value is -2.31. The van der Waals surface area contributed by atoms with Gasteiger partial charge in [0, 0.05) is 9.75 Å². The molecule has 0 N–H and O–H groups in total. The lowest BCUT2D eigenvalue weighted by molar-refractivity contribution is -0.138. The van der Waals surface area contributed by atoms with E-state index in [-0.39, 0.29) is 11.8 Å². The van der Waals surface area contributed by atoms with Gasteiger partial charge in [0.2, 0.25) is 5.91 Å². The van der Waals surface area contributed by atoms with E-state index >= 15 is 0 Å². The summed E-state index contributed by atoms with van der Waals surface area (Å²) < 4.78 is 11.5. The van der Waals surface area contributed by atoms with Gasteiger partial charge in [0.15, 0.2) is 0 Å². The molecule has 1 aliphatic heterocycles. The third-order valence-corrected chi connectivity index (χ3v) is 6.49. The number of thiophene rings is 2. The fourth-order valence-corrected chi connectivity index (χ4v) is 4.88. The number of amides is 1. The van der Waals surface area contributed by atoms with Gasteiger partial charge in [-0.2, -0.15) is 0 Å². The molecule has 4 nitrogen and oxygen atoms in total. The van der Waals surface area contributed by atoms with Crippen molar-refractivity contribution >= 4 is 28.6 Å². The van der Waals surface area contributed by atoms with Gasteiger partial charge >= 0.3 is 0 Å². The van der Waals surface area contributed by atoms with Crippen LogP contribution in [0.15, 0.2) is 53.2 Å². The quantitative estimate of drug-likeness (QED) is 0.548. The number of benzene rings is 1. The zero-order valence-electron chi connectivity index (χ0n) is 15.8. The Balaban J connectivity index is 1.52. The Labute approximate surface area is 173 Å². The molecule has 0 fully saturated rings. The first-order valence-electron chi connectivity index (χ1n) is 9.45. The fourth-order valence-electron chi connectivity index (χ4n) is 3.44. The molecule has 1 atom stereocenters. The largest absolute Gasteiger partial charge is 0.494 e. The summed E-state index contributed by atoms with van der Waals surface area (Å²) in [5.74, 6) is 1.65. The number of hydrogen-bond acceptors (Lipinski definition) is 5. The second kappa shape index (κ2) is 8.80. The maximum atomic E-state index is 13.4. The molecule has 3 aromatic rings. The van der Waals surface area contributed by atoms with E-state index in [0.29, 0.717) is 32.7 Å². The molecule has 3 heterocycles. The number of carbonyl (C=O) groups is 1. The fraction of sp³-hybridized carbons (Fsp3) is 0.318. The van der Waals surface area contributed by atoms with Gasteiger partial charge in [-0.15, -0.1) is 22.7 Å². The molecule has 6 heteroatoms. The molecule has 4 rings (SSSR count). The molecule has 0 saturated heterocycles. The molecular weight excluding hydrogens is 390 g/mol. The van der Waals surface area contributed by atoms with E-state index < -0.39 is 0 Å². The molecule has 0 bridgehead atoms. The van der Waals surface area contributed by atoms with Crippen LogP contribution in [0.25, 0.3) is 0 Å². The molecule has 2 aromatic heterocycles. The smallest absolute Gasteiger partial charge is 0.230 e. The summed E-state index contributed by atoms with van der Waals surface area (Å²) in [6, 6.07) is 14.1. The topological polar surface area (TPSA) is 38.8 Å². The summed E-state index contributed by atoms with van der Waals surface area (Å²) in [7, 11) is 0. The van der Waals surface area contributed by atoms with Crippen LogP contribution < -0.4 is 9.47 Å². The summed E-state index contributed by atoms with van der Waals surface area (Å²) >= 11 is 3.37. The first-order valence-corrected chi connectivity index (χ1v) is 11.2. The van der Waals surface area contributed by atoms with Crippen LogP contribution in [0.4, 0.5) is 0 Å². The van der Waals surface area contributed by atoms with Gasteiger partial charge in [-0.05, 0) is 60.0 Å². The average molecular weight is 414 g/mol. The minimum atomic E-state index is -0.177. The lowest BCUT2D eigenvalue weighted by atomic mass is 9.95. The Kier molecular flexibility index (Phi) is 5.98. The number of hydrogen-bond donors (Lipinski definition) is 0. The molecule has 1 amide bonds. The first-order chi connectivity index (χ1) is 13.7. The molecular formula is C22H23NO3S2. The predicted octanol–water partition coefficient (Wildman–Crippen LogP) is 4.99.